The van der Waals surface area contributed by atoms with E-state index in [1.165, 1.54) is 4.90 Å². The molecule has 7 heteroatoms. The number of hydrogen-bond acceptors (Lipinski definition) is 5. The number of carbonyl (C=O) groups is 2. The van der Waals surface area contributed by atoms with Crippen LogP contribution in [-0.4, -0.2) is 57.7 Å². The van der Waals surface area contributed by atoms with Gasteiger partial charge in [-0.2, -0.15) is 5.06 Å². The summed E-state index contributed by atoms with van der Waals surface area (Å²) in [6.07, 6.45) is 0.412. The van der Waals surface area contributed by atoms with E-state index in [1.54, 1.807) is 47.6 Å². The molecule has 0 saturated heterocycles. The number of rotatable bonds is 1. The summed E-state index contributed by atoms with van der Waals surface area (Å²) in [6, 6.07) is -0.675. The molecule has 0 bridgehead atoms. The van der Waals surface area contributed by atoms with Crippen LogP contribution in [0.25, 0.3) is 0 Å². The first kappa shape index (κ1) is 19.3. The highest BCUT2D eigenvalue weighted by atomic mass is 16.6. The summed E-state index contributed by atoms with van der Waals surface area (Å²) in [7, 11) is 0. The zero-order valence-corrected chi connectivity index (χ0v) is 15.0. The molecule has 1 aliphatic heterocycles. The molecule has 2 amide bonds. The molecule has 0 aliphatic carbocycles. The second-order valence-electron chi connectivity index (χ2n) is 7.77. The van der Waals surface area contributed by atoms with Crippen molar-refractivity contribution in [3.05, 3.63) is 11.6 Å². The van der Waals surface area contributed by atoms with Gasteiger partial charge < -0.3 is 14.4 Å². The second kappa shape index (κ2) is 6.78. The second-order valence-corrected chi connectivity index (χ2v) is 7.77. The minimum Gasteiger partial charge on any atom is -0.444 e. The largest absolute Gasteiger partial charge is 0.444 e. The van der Waals surface area contributed by atoms with Gasteiger partial charge in [-0.25, -0.2) is 9.59 Å². The van der Waals surface area contributed by atoms with E-state index in [4.69, 9.17) is 9.47 Å². The summed E-state index contributed by atoms with van der Waals surface area (Å²) in [5.41, 5.74) is -0.461. The summed E-state index contributed by atoms with van der Waals surface area (Å²) in [5.74, 6) is 0. The molecule has 0 aromatic rings. The summed E-state index contributed by atoms with van der Waals surface area (Å²) in [5, 5.41) is 10.6. The number of hydroxylamine groups is 2. The van der Waals surface area contributed by atoms with Gasteiger partial charge in [-0.15, -0.1) is 0 Å². The maximum Gasteiger partial charge on any atom is 0.434 e. The van der Waals surface area contributed by atoms with Crippen LogP contribution < -0.4 is 0 Å². The Morgan fingerprint density at radius 1 is 1.17 bits per heavy atom. The molecule has 1 rings (SSSR count). The zero-order valence-electron chi connectivity index (χ0n) is 15.0. The molecule has 23 heavy (non-hydrogen) atoms. The molecule has 132 valence electrons. The Morgan fingerprint density at radius 2 is 1.70 bits per heavy atom. The first-order chi connectivity index (χ1) is 10.3. The van der Waals surface area contributed by atoms with Crippen molar-refractivity contribution in [1.29, 1.82) is 0 Å². The molecule has 0 radical (unpaired) electrons. The van der Waals surface area contributed by atoms with Gasteiger partial charge in [0, 0.05) is 6.54 Å². The summed E-state index contributed by atoms with van der Waals surface area (Å²) >= 11 is 0. The van der Waals surface area contributed by atoms with E-state index < -0.39 is 29.4 Å². The summed E-state index contributed by atoms with van der Waals surface area (Å²) in [6.45, 7) is 12.9. The van der Waals surface area contributed by atoms with Crippen molar-refractivity contribution in [1.82, 2.24) is 9.96 Å². The third kappa shape index (κ3) is 6.48. The van der Waals surface area contributed by atoms with Crippen molar-refractivity contribution >= 4 is 12.2 Å². The minimum atomic E-state index is -0.849. The Hall–Kier alpha value is -1.76. The molecule has 1 N–H and O–H groups in total. The van der Waals surface area contributed by atoms with E-state index >= 15 is 0 Å². The lowest BCUT2D eigenvalue weighted by Crippen LogP contribution is -2.51. The van der Waals surface area contributed by atoms with Crippen LogP contribution in [0, 0.1) is 0 Å². The first-order valence-electron chi connectivity index (χ1n) is 7.65. The lowest BCUT2D eigenvalue weighted by atomic mass is 10.1. The smallest absolute Gasteiger partial charge is 0.434 e. The number of hydrogen-bond donors (Lipinski definition) is 1. The molecular formula is C16H28N2O5. The third-order valence-corrected chi connectivity index (χ3v) is 2.87. The molecule has 0 saturated carbocycles. The van der Waals surface area contributed by atoms with Gasteiger partial charge in [0.2, 0.25) is 0 Å². The number of nitrogens with zero attached hydrogens (tertiary/aromatic N) is 2. The Balaban J connectivity index is 2.79. The van der Waals surface area contributed by atoms with Crippen LogP contribution in [-0.2, 0) is 9.47 Å². The van der Waals surface area contributed by atoms with Gasteiger partial charge in [-0.1, -0.05) is 11.6 Å². The highest BCUT2D eigenvalue weighted by molar-refractivity contribution is 5.70. The normalized spacial score (nSPS) is 19.0. The molecule has 1 aliphatic rings. The molecule has 0 unspecified atom stereocenters. The SMILES string of the molecule is CC1=C[C@@H](N(O)C(=O)OC(C)(C)C)CN(C(=O)OC(C)(C)C)C1. The highest BCUT2D eigenvalue weighted by Gasteiger charge is 2.33. The van der Waals surface area contributed by atoms with E-state index in [2.05, 4.69) is 0 Å². The van der Waals surface area contributed by atoms with Crippen LogP contribution in [0.15, 0.2) is 11.6 Å². The fraction of sp³-hybridized carbons (Fsp3) is 0.750. The number of amides is 2. The van der Waals surface area contributed by atoms with E-state index in [9.17, 15) is 14.8 Å². The lowest BCUT2D eigenvalue weighted by molar-refractivity contribution is -0.115. The molecule has 0 aromatic carbocycles. The summed E-state index contributed by atoms with van der Waals surface area (Å²) < 4.78 is 10.5. The van der Waals surface area contributed by atoms with Crippen LogP contribution >= 0.6 is 0 Å². The maximum absolute atomic E-state index is 12.2. The number of ether oxygens (including phenoxy) is 2. The van der Waals surface area contributed by atoms with Crippen LogP contribution in [0.4, 0.5) is 9.59 Å². The maximum atomic E-state index is 12.2. The van der Waals surface area contributed by atoms with Crippen molar-refractivity contribution in [2.24, 2.45) is 0 Å². The molecule has 0 fully saturated rings. The van der Waals surface area contributed by atoms with E-state index in [0.717, 1.165) is 5.57 Å². The Kier molecular flexibility index (Phi) is 5.69. The predicted octanol–water partition coefficient (Wildman–Crippen LogP) is 3.18. The summed E-state index contributed by atoms with van der Waals surface area (Å²) in [4.78, 5) is 25.6. The molecule has 1 heterocycles. The van der Waals surface area contributed by atoms with Gasteiger partial charge in [-0.05, 0) is 48.5 Å². The Morgan fingerprint density at radius 3 is 2.17 bits per heavy atom. The highest BCUT2D eigenvalue weighted by Crippen LogP contribution is 2.19. The van der Waals surface area contributed by atoms with Gasteiger partial charge in [0.1, 0.15) is 11.2 Å². The number of carbonyl (C=O) groups excluding carboxylic acids is 2. The fourth-order valence-corrected chi connectivity index (χ4v) is 2.08. The third-order valence-electron chi connectivity index (χ3n) is 2.87. The first-order valence-corrected chi connectivity index (χ1v) is 7.65. The monoisotopic (exact) mass is 328 g/mol. The van der Waals surface area contributed by atoms with Crippen molar-refractivity contribution < 1.29 is 24.3 Å². The lowest BCUT2D eigenvalue weighted by Gasteiger charge is -2.35. The van der Waals surface area contributed by atoms with Gasteiger partial charge >= 0.3 is 12.2 Å². The van der Waals surface area contributed by atoms with Crippen molar-refractivity contribution in [2.75, 3.05) is 13.1 Å². The average Bonchev–Trinajstić information content (AvgIpc) is 2.32. The van der Waals surface area contributed by atoms with Crippen LogP contribution in [0.5, 0.6) is 0 Å². The average molecular weight is 328 g/mol. The van der Waals surface area contributed by atoms with Gasteiger partial charge in [0.05, 0.1) is 12.6 Å². The predicted molar refractivity (Wildman–Crippen MR) is 85.2 cm³/mol. The molecule has 7 nitrogen and oxygen atoms in total. The minimum absolute atomic E-state index is 0.141. The molecular weight excluding hydrogens is 300 g/mol. The van der Waals surface area contributed by atoms with Crippen LogP contribution in [0.1, 0.15) is 48.5 Å². The molecule has 0 aromatic heterocycles. The fourth-order valence-electron chi connectivity index (χ4n) is 2.08. The van der Waals surface area contributed by atoms with E-state index in [-0.39, 0.29) is 6.54 Å². The van der Waals surface area contributed by atoms with Gasteiger partial charge in [-0.3, -0.25) is 5.21 Å². The van der Waals surface area contributed by atoms with E-state index in [0.29, 0.717) is 11.6 Å². The van der Waals surface area contributed by atoms with Crippen molar-refractivity contribution in [3.63, 3.8) is 0 Å². The van der Waals surface area contributed by atoms with Gasteiger partial charge in [0.25, 0.3) is 0 Å². The Labute approximate surface area is 137 Å². The van der Waals surface area contributed by atoms with Crippen molar-refractivity contribution in [3.8, 4) is 0 Å². The van der Waals surface area contributed by atoms with Crippen molar-refractivity contribution in [2.45, 2.75) is 65.7 Å². The standard InChI is InChI=1S/C16H28N2O5/c1-11-8-12(18(21)14(20)23-16(5,6)7)10-17(9-11)13(19)22-15(2,3)4/h8,12,21H,9-10H2,1-7H3/t12-/m1/s1. The zero-order chi connectivity index (χ0) is 18.0. The van der Waals surface area contributed by atoms with Crippen LogP contribution in [0.3, 0.4) is 0 Å². The quantitative estimate of drug-likeness (QED) is 0.454. The Bertz CT molecular complexity index is 488. The topological polar surface area (TPSA) is 79.3 Å². The van der Waals surface area contributed by atoms with Crippen LogP contribution in [0.2, 0.25) is 0 Å². The van der Waals surface area contributed by atoms with Gasteiger partial charge in [0.15, 0.2) is 0 Å². The molecule has 1 atom stereocenters. The van der Waals surface area contributed by atoms with E-state index in [1.807, 2.05) is 6.92 Å². The molecule has 0 spiro atoms.